The second kappa shape index (κ2) is 7.35. The van der Waals surface area contributed by atoms with Crippen LogP contribution in [-0.2, 0) is 11.2 Å². The molecule has 2 heterocycles. The lowest BCUT2D eigenvalue weighted by Crippen LogP contribution is -2.43. The van der Waals surface area contributed by atoms with E-state index < -0.39 is 5.60 Å². The molecule has 1 unspecified atom stereocenters. The Balaban J connectivity index is 1.60. The van der Waals surface area contributed by atoms with Crippen LogP contribution >= 0.6 is 0 Å². The fourth-order valence-corrected chi connectivity index (χ4v) is 3.25. The number of rotatable bonds is 3. The van der Waals surface area contributed by atoms with Crippen molar-refractivity contribution in [3.05, 3.63) is 29.8 Å². The van der Waals surface area contributed by atoms with Crippen molar-refractivity contribution in [3.8, 4) is 11.3 Å². The number of piperidine rings is 1. The lowest BCUT2D eigenvalue weighted by molar-refractivity contribution is 0.0166. The van der Waals surface area contributed by atoms with E-state index in [-0.39, 0.29) is 11.9 Å². The first-order valence-corrected chi connectivity index (χ1v) is 8.97. The second-order valence-electron chi connectivity index (χ2n) is 7.83. The number of carbonyl (C=O) groups excluding carboxylic acids is 1. The van der Waals surface area contributed by atoms with Crippen LogP contribution in [0.25, 0.3) is 11.3 Å². The molecule has 0 spiro atoms. The quantitative estimate of drug-likeness (QED) is 0.902. The van der Waals surface area contributed by atoms with E-state index in [1.165, 1.54) is 5.56 Å². The SMILES string of the molecule is CC(C)(C)OC(=O)N1CCCC(Cc2ccc(-c3nonc3N)cc2)C1. The third-order valence-electron chi connectivity index (χ3n) is 4.44. The Hall–Kier alpha value is -2.57. The number of amides is 1. The first-order chi connectivity index (χ1) is 12.3. The maximum Gasteiger partial charge on any atom is 0.410 e. The Morgan fingerprint density at radius 2 is 2.04 bits per heavy atom. The van der Waals surface area contributed by atoms with Crippen molar-refractivity contribution in [2.45, 2.75) is 45.6 Å². The molecule has 1 aliphatic rings. The summed E-state index contributed by atoms with van der Waals surface area (Å²) in [6, 6.07) is 8.07. The average Bonchev–Trinajstić information content (AvgIpc) is 3.00. The number of ether oxygens (including phenoxy) is 1. The summed E-state index contributed by atoms with van der Waals surface area (Å²) in [7, 11) is 0. The van der Waals surface area contributed by atoms with Crippen molar-refractivity contribution in [2.24, 2.45) is 5.92 Å². The lowest BCUT2D eigenvalue weighted by atomic mass is 9.91. The zero-order chi connectivity index (χ0) is 18.7. The summed E-state index contributed by atoms with van der Waals surface area (Å²) in [4.78, 5) is 14.1. The van der Waals surface area contributed by atoms with E-state index in [9.17, 15) is 4.79 Å². The lowest BCUT2D eigenvalue weighted by Gasteiger charge is -2.34. The van der Waals surface area contributed by atoms with E-state index in [4.69, 9.17) is 10.5 Å². The minimum atomic E-state index is -0.461. The van der Waals surface area contributed by atoms with E-state index in [0.29, 0.717) is 11.6 Å². The van der Waals surface area contributed by atoms with Crippen LogP contribution in [0.4, 0.5) is 10.6 Å². The third kappa shape index (κ3) is 4.53. The molecular formula is C19H26N4O3. The van der Waals surface area contributed by atoms with Gasteiger partial charge in [-0.25, -0.2) is 9.42 Å². The number of carbonyl (C=O) groups is 1. The zero-order valence-corrected chi connectivity index (χ0v) is 15.6. The molecule has 7 nitrogen and oxygen atoms in total. The summed E-state index contributed by atoms with van der Waals surface area (Å²) in [5.74, 6) is 0.721. The van der Waals surface area contributed by atoms with Gasteiger partial charge < -0.3 is 15.4 Å². The fraction of sp³-hybridized carbons (Fsp3) is 0.526. The number of hydrogen-bond donors (Lipinski definition) is 1. The molecule has 3 rings (SSSR count). The predicted octanol–water partition coefficient (Wildman–Crippen LogP) is 3.51. The number of hydrogen-bond acceptors (Lipinski definition) is 6. The van der Waals surface area contributed by atoms with E-state index in [1.54, 1.807) is 0 Å². The van der Waals surface area contributed by atoms with Gasteiger partial charge in [0.1, 0.15) is 5.60 Å². The summed E-state index contributed by atoms with van der Waals surface area (Å²) in [6.07, 6.45) is 2.82. The Kier molecular flexibility index (Phi) is 5.15. The number of nitrogens with zero attached hydrogens (tertiary/aromatic N) is 3. The third-order valence-corrected chi connectivity index (χ3v) is 4.44. The van der Waals surface area contributed by atoms with Gasteiger partial charge in [0, 0.05) is 18.7 Å². The van der Waals surface area contributed by atoms with Gasteiger partial charge in [-0.2, -0.15) is 0 Å². The molecular weight excluding hydrogens is 332 g/mol. The molecule has 1 saturated heterocycles. The van der Waals surface area contributed by atoms with Crippen LogP contribution in [0.5, 0.6) is 0 Å². The topological polar surface area (TPSA) is 94.5 Å². The highest BCUT2D eigenvalue weighted by Gasteiger charge is 2.27. The highest BCUT2D eigenvalue weighted by molar-refractivity contribution is 5.69. The first kappa shape index (κ1) is 18.2. The first-order valence-electron chi connectivity index (χ1n) is 8.97. The predicted molar refractivity (Wildman–Crippen MR) is 98.4 cm³/mol. The molecule has 1 aromatic carbocycles. The minimum Gasteiger partial charge on any atom is -0.444 e. The van der Waals surface area contributed by atoms with Crippen molar-refractivity contribution in [1.82, 2.24) is 15.2 Å². The highest BCUT2D eigenvalue weighted by atomic mass is 16.6. The summed E-state index contributed by atoms with van der Waals surface area (Å²) in [5, 5.41) is 7.42. The molecule has 0 aliphatic carbocycles. The van der Waals surface area contributed by atoms with Crippen molar-refractivity contribution >= 4 is 11.9 Å². The maximum absolute atomic E-state index is 12.3. The standard InChI is InChI=1S/C19H26N4O3/c1-19(2,3)25-18(24)23-10-4-5-14(12-23)11-13-6-8-15(9-7-13)16-17(20)22-26-21-16/h6-9,14H,4-5,10-12H2,1-3H3,(H2,20,22). The molecule has 0 saturated carbocycles. The van der Waals surface area contributed by atoms with Crippen LogP contribution in [0, 0.1) is 5.92 Å². The number of nitrogens with two attached hydrogens (primary N) is 1. The normalized spacial score (nSPS) is 18.0. The average molecular weight is 358 g/mol. The van der Waals surface area contributed by atoms with Gasteiger partial charge in [0.25, 0.3) is 0 Å². The van der Waals surface area contributed by atoms with Gasteiger partial charge >= 0.3 is 6.09 Å². The monoisotopic (exact) mass is 358 g/mol. The molecule has 26 heavy (non-hydrogen) atoms. The second-order valence-corrected chi connectivity index (χ2v) is 7.83. The van der Waals surface area contributed by atoms with Crippen molar-refractivity contribution in [2.75, 3.05) is 18.8 Å². The van der Waals surface area contributed by atoms with Gasteiger partial charge in [-0.1, -0.05) is 24.3 Å². The molecule has 2 aromatic rings. The molecule has 1 fully saturated rings. The number of likely N-dealkylation sites (tertiary alicyclic amines) is 1. The van der Waals surface area contributed by atoms with Crippen molar-refractivity contribution < 1.29 is 14.2 Å². The van der Waals surface area contributed by atoms with Gasteiger partial charge in [-0.15, -0.1) is 0 Å². The molecule has 1 aromatic heterocycles. The molecule has 0 bridgehead atoms. The minimum absolute atomic E-state index is 0.216. The summed E-state index contributed by atoms with van der Waals surface area (Å²) in [6.45, 7) is 7.18. The van der Waals surface area contributed by atoms with E-state index in [0.717, 1.165) is 37.9 Å². The summed E-state index contributed by atoms with van der Waals surface area (Å²) >= 11 is 0. The zero-order valence-electron chi connectivity index (χ0n) is 15.6. The Morgan fingerprint density at radius 3 is 2.65 bits per heavy atom. The molecule has 140 valence electrons. The smallest absolute Gasteiger partial charge is 0.410 e. The van der Waals surface area contributed by atoms with Gasteiger partial charge in [0.15, 0.2) is 11.5 Å². The molecule has 2 N–H and O–H groups in total. The fourth-order valence-electron chi connectivity index (χ4n) is 3.25. The molecule has 1 atom stereocenters. The summed E-state index contributed by atoms with van der Waals surface area (Å²) in [5.41, 5.74) is 7.93. The van der Waals surface area contributed by atoms with Crippen LogP contribution in [-0.4, -0.2) is 40.0 Å². The molecule has 1 aliphatic heterocycles. The molecule has 0 radical (unpaired) electrons. The van der Waals surface area contributed by atoms with Crippen LogP contribution < -0.4 is 5.73 Å². The van der Waals surface area contributed by atoms with Gasteiger partial charge in [0.05, 0.1) is 0 Å². The van der Waals surface area contributed by atoms with E-state index >= 15 is 0 Å². The Labute approximate surface area is 153 Å². The van der Waals surface area contributed by atoms with E-state index in [1.807, 2.05) is 37.8 Å². The maximum atomic E-state index is 12.3. The van der Waals surface area contributed by atoms with Gasteiger partial charge in [-0.05, 0) is 61.8 Å². The number of benzene rings is 1. The Morgan fingerprint density at radius 1 is 1.31 bits per heavy atom. The highest BCUT2D eigenvalue weighted by Crippen LogP contribution is 2.25. The number of nitrogen functional groups attached to an aromatic ring is 1. The van der Waals surface area contributed by atoms with Crippen LogP contribution in [0.3, 0.4) is 0 Å². The van der Waals surface area contributed by atoms with Gasteiger partial charge in [-0.3, -0.25) is 0 Å². The number of anilines is 1. The van der Waals surface area contributed by atoms with Crippen LogP contribution in [0.15, 0.2) is 28.9 Å². The van der Waals surface area contributed by atoms with Crippen molar-refractivity contribution in [1.29, 1.82) is 0 Å². The number of aromatic nitrogens is 2. The molecule has 1 amide bonds. The van der Waals surface area contributed by atoms with Gasteiger partial charge in [0.2, 0.25) is 0 Å². The van der Waals surface area contributed by atoms with Crippen LogP contribution in [0.1, 0.15) is 39.2 Å². The molecule has 7 heteroatoms. The largest absolute Gasteiger partial charge is 0.444 e. The van der Waals surface area contributed by atoms with Crippen LogP contribution in [0.2, 0.25) is 0 Å². The van der Waals surface area contributed by atoms with Crippen molar-refractivity contribution in [3.63, 3.8) is 0 Å². The van der Waals surface area contributed by atoms with E-state index in [2.05, 4.69) is 27.1 Å². The Bertz CT molecular complexity index is 749. The summed E-state index contributed by atoms with van der Waals surface area (Å²) < 4.78 is 10.1.